The summed E-state index contributed by atoms with van der Waals surface area (Å²) in [5, 5.41) is 4.76. The van der Waals surface area contributed by atoms with E-state index in [4.69, 9.17) is 16.7 Å². The van der Waals surface area contributed by atoms with E-state index in [0.29, 0.717) is 33.5 Å². The minimum Gasteiger partial charge on any atom is -0.354 e. The first-order valence-electron chi connectivity index (χ1n) is 13.4. The van der Waals surface area contributed by atoms with Crippen molar-refractivity contribution in [3.8, 4) is 22.4 Å². The molecule has 42 heavy (non-hydrogen) atoms. The van der Waals surface area contributed by atoms with Crippen LogP contribution in [0.1, 0.15) is 40.9 Å². The lowest BCUT2D eigenvalue weighted by Gasteiger charge is -2.22. The number of nitrogens with zero attached hydrogens (tertiary/aromatic N) is 5. The predicted molar refractivity (Wildman–Crippen MR) is 167 cm³/mol. The fourth-order valence-corrected chi connectivity index (χ4v) is 5.65. The number of benzene rings is 1. The molecule has 0 spiro atoms. The van der Waals surface area contributed by atoms with E-state index in [1.165, 1.54) is 26.7 Å². The van der Waals surface area contributed by atoms with Crippen molar-refractivity contribution < 1.29 is 9.59 Å². The molecule has 5 aromatic rings. The molecule has 8 nitrogen and oxygen atoms in total. The summed E-state index contributed by atoms with van der Waals surface area (Å²) in [6, 6.07) is 21.8. The van der Waals surface area contributed by atoms with Gasteiger partial charge in [-0.1, -0.05) is 68.8 Å². The van der Waals surface area contributed by atoms with Crippen molar-refractivity contribution in [2.75, 3.05) is 11.9 Å². The second-order valence-electron chi connectivity index (χ2n) is 11.0. The highest BCUT2D eigenvalue weighted by atomic mass is 35.5. The van der Waals surface area contributed by atoms with Crippen LogP contribution in [0.25, 0.3) is 22.4 Å². The van der Waals surface area contributed by atoms with Crippen LogP contribution >= 0.6 is 22.9 Å². The van der Waals surface area contributed by atoms with Crippen molar-refractivity contribution in [1.82, 2.24) is 19.3 Å². The summed E-state index contributed by atoms with van der Waals surface area (Å²) in [6.07, 6.45) is 3.22. The van der Waals surface area contributed by atoms with E-state index >= 15 is 0 Å². The van der Waals surface area contributed by atoms with Gasteiger partial charge in [-0.25, -0.2) is 0 Å². The Bertz CT molecular complexity index is 1800. The number of aromatic nitrogens is 4. The van der Waals surface area contributed by atoms with Gasteiger partial charge in [0.25, 0.3) is 11.5 Å². The largest absolute Gasteiger partial charge is 0.354 e. The van der Waals surface area contributed by atoms with Crippen molar-refractivity contribution in [1.29, 1.82) is 0 Å². The normalized spacial score (nSPS) is 11.5. The molecule has 4 aromatic heterocycles. The molecule has 0 bridgehead atoms. The van der Waals surface area contributed by atoms with Gasteiger partial charge in [-0.2, -0.15) is 9.78 Å². The lowest BCUT2D eigenvalue weighted by Crippen LogP contribution is -2.31. The third kappa shape index (κ3) is 6.27. The maximum atomic E-state index is 13.6. The minimum absolute atomic E-state index is 0.162. The van der Waals surface area contributed by atoms with Crippen molar-refractivity contribution in [3.05, 3.63) is 110 Å². The molecule has 214 valence electrons. The number of carbonyl (C=O) groups excluding carboxylic acids is 2. The van der Waals surface area contributed by atoms with Gasteiger partial charge in [0, 0.05) is 53.0 Å². The Kier molecular flexibility index (Phi) is 8.24. The quantitative estimate of drug-likeness (QED) is 0.185. The standard InChI is InChI=1S/C32H30ClN5O3S/c1-32(2,3)31(41)38-29(36(4)18-22-13-14-28(33)42-22)17-26(35-38)23-16-30(40)37(19-24(23)21-10-6-5-7-11-21)20-27(39)25-12-8-9-15-34-25/h5-17,19H,18,20H2,1-4H3. The van der Waals surface area contributed by atoms with Crippen LogP contribution in [0, 0.1) is 5.41 Å². The van der Waals surface area contributed by atoms with E-state index in [1.54, 1.807) is 30.6 Å². The maximum absolute atomic E-state index is 13.6. The van der Waals surface area contributed by atoms with Gasteiger partial charge >= 0.3 is 0 Å². The molecule has 0 atom stereocenters. The average molecular weight is 600 g/mol. The van der Waals surface area contributed by atoms with Crippen molar-refractivity contribution >= 4 is 40.4 Å². The Morgan fingerprint density at radius 2 is 1.71 bits per heavy atom. The van der Waals surface area contributed by atoms with Crippen LogP contribution in [-0.4, -0.2) is 38.1 Å². The Labute approximate surface area is 252 Å². The molecule has 4 heterocycles. The first kappa shape index (κ1) is 29.2. The minimum atomic E-state index is -0.706. The molecule has 0 aliphatic carbocycles. The summed E-state index contributed by atoms with van der Waals surface area (Å²) in [5.41, 5.74) is 1.78. The smallest absolute Gasteiger partial charge is 0.254 e. The van der Waals surface area contributed by atoms with Crippen molar-refractivity contribution in [3.63, 3.8) is 0 Å². The van der Waals surface area contributed by atoms with E-state index in [0.717, 1.165) is 10.4 Å². The summed E-state index contributed by atoms with van der Waals surface area (Å²) in [7, 11) is 1.89. The highest BCUT2D eigenvalue weighted by molar-refractivity contribution is 7.16. The van der Waals surface area contributed by atoms with Crippen LogP contribution < -0.4 is 10.5 Å². The number of anilines is 1. The first-order chi connectivity index (χ1) is 20.0. The number of hydrogen-bond acceptors (Lipinski definition) is 7. The van der Waals surface area contributed by atoms with Crippen LogP contribution in [0.5, 0.6) is 0 Å². The van der Waals surface area contributed by atoms with Crippen LogP contribution in [-0.2, 0) is 13.1 Å². The van der Waals surface area contributed by atoms with Crippen LogP contribution in [0.15, 0.2) is 90.0 Å². The fraction of sp³-hybridized carbons (Fsp3) is 0.219. The summed E-state index contributed by atoms with van der Waals surface area (Å²) in [5.74, 6) is 0.125. The monoisotopic (exact) mass is 599 g/mol. The number of pyridine rings is 2. The number of ketones is 1. The molecule has 0 saturated carbocycles. The molecule has 10 heteroatoms. The molecule has 0 saturated heterocycles. The molecule has 5 rings (SSSR count). The van der Waals surface area contributed by atoms with Gasteiger partial charge in [0.1, 0.15) is 11.5 Å². The third-order valence-electron chi connectivity index (χ3n) is 6.69. The van der Waals surface area contributed by atoms with Gasteiger partial charge in [-0.05, 0) is 29.8 Å². The lowest BCUT2D eigenvalue weighted by molar-refractivity contribution is 0.0751. The van der Waals surface area contributed by atoms with Crippen molar-refractivity contribution in [2.24, 2.45) is 5.41 Å². The highest BCUT2D eigenvalue weighted by Crippen LogP contribution is 2.34. The van der Waals surface area contributed by atoms with E-state index in [-0.39, 0.29) is 29.5 Å². The first-order valence-corrected chi connectivity index (χ1v) is 14.6. The number of rotatable bonds is 8. The lowest BCUT2D eigenvalue weighted by atomic mass is 9.96. The number of halogens is 1. The maximum Gasteiger partial charge on any atom is 0.254 e. The van der Waals surface area contributed by atoms with Gasteiger partial charge in [0.2, 0.25) is 5.78 Å². The summed E-state index contributed by atoms with van der Waals surface area (Å²) >= 11 is 7.63. The second-order valence-corrected chi connectivity index (χ2v) is 12.8. The Balaban J connectivity index is 1.63. The molecular weight excluding hydrogens is 570 g/mol. The van der Waals surface area contributed by atoms with Crippen LogP contribution in [0.4, 0.5) is 5.82 Å². The topological polar surface area (TPSA) is 90.1 Å². The summed E-state index contributed by atoms with van der Waals surface area (Å²) in [4.78, 5) is 47.0. The van der Waals surface area contributed by atoms with E-state index in [9.17, 15) is 14.4 Å². The van der Waals surface area contributed by atoms with E-state index < -0.39 is 5.41 Å². The molecular formula is C32H30ClN5O3S. The van der Waals surface area contributed by atoms with Crippen molar-refractivity contribution in [2.45, 2.75) is 33.9 Å². The predicted octanol–water partition coefficient (Wildman–Crippen LogP) is 6.69. The molecule has 0 fully saturated rings. The van der Waals surface area contributed by atoms with E-state index in [1.807, 2.05) is 81.2 Å². The molecule has 0 aliphatic heterocycles. The number of carbonyl (C=O) groups is 2. The summed E-state index contributed by atoms with van der Waals surface area (Å²) < 4.78 is 3.48. The molecule has 0 radical (unpaired) electrons. The molecule has 0 unspecified atom stereocenters. The van der Waals surface area contributed by atoms with Gasteiger partial charge in [0.15, 0.2) is 0 Å². The zero-order valence-electron chi connectivity index (χ0n) is 23.7. The number of Topliss-reactive ketones (excluding diaryl/α,β-unsaturated/α-hetero) is 1. The molecule has 1 aromatic carbocycles. The van der Waals surface area contributed by atoms with Crippen LogP contribution in [0.3, 0.4) is 0 Å². The number of hydrogen-bond donors (Lipinski definition) is 0. The molecule has 0 amide bonds. The second kappa shape index (κ2) is 11.9. The highest BCUT2D eigenvalue weighted by Gasteiger charge is 2.29. The Morgan fingerprint density at radius 1 is 0.976 bits per heavy atom. The number of thiophene rings is 1. The van der Waals surface area contributed by atoms with Gasteiger partial charge in [-0.15, -0.1) is 11.3 Å². The zero-order chi connectivity index (χ0) is 30.0. The Hall–Kier alpha value is -4.34. The SMILES string of the molecule is CN(Cc1ccc(Cl)s1)c1cc(-c2cc(=O)n(CC(=O)c3ccccn3)cc2-c2ccccc2)nn1C(=O)C(C)(C)C. The Morgan fingerprint density at radius 3 is 2.36 bits per heavy atom. The zero-order valence-corrected chi connectivity index (χ0v) is 25.3. The van der Waals surface area contributed by atoms with Gasteiger partial charge in [0.05, 0.1) is 23.1 Å². The fourth-order valence-electron chi connectivity index (χ4n) is 4.51. The van der Waals surface area contributed by atoms with Gasteiger partial charge < -0.3 is 9.47 Å². The average Bonchev–Trinajstić information content (AvgIpc) is 3.60. The van der Waals surface area contributed by atoms with E-state index in [2.05, 4.69) is 4.98 Å². The van der Waals surface area contributed by atoms with Gasteiger partial charge in [-0.3, -0.25) is 19.4 Å². The summed E-state index contributed by atoms with van der Waals surface area (Å²) in [6.45, 7) is 5.88. The van der Waals surface area contributed by atoms with Crippen LogP contribution in [0.2, 0.25) is 4.34 Å². The third-order valence-corrected chi connectivity index (χ3v) is 7.90. The molecule has 0 N–H and O–H groups in total. The molecule has 0 aliphatic rings.